The van der Waals surface area contributed by atoms with Gasteiger partial charge in [0, 0.05) is 6.20 Å². The van der Waals surface area contributed by atoms with E-state index in [1.165, 1.54) is 12.3 Å². The summed E-state index contributed by atoms with van der Waals surface area (Å²) in [6, 6.07) is 2.35. The summed E-state index contributed by atoms with van der Waals surface area (Å²) >= 11 is 0. The number of pyridine rings is 1. The summed E-state index contributed by atoms with van der Waals surface area (Å²) in [6.07, 6.45) is -2.61. The lowest BCUT2D eigenvalue weighted by Crippen LogP contribution is -2.09. The minimum Gasteiger partial charge on any atom is -0.330 e. The Balaban J connectivity index is 0.00000169. The van der Waals surface area contributed by atoms with E-state index in [4.69, 9.17) is 5.73 Å². The average Bonchev–Trinajstić information content (AvgIpc) is 2.04. The van der Waals surface area contributed by atoms with Crippen LogP contribution in [0.3, 0.4) is 0 Å². The van der Waals surface area contributed by atoms with Crippen LogP contribution < -0.4 is 5.73 Å². The van der Waals surface area contributed by atoms with Crippen molar-refractivity contribution < 1.29 is 13.2 Å². The second kappa shape index (κ2) is 5.17. The van der Waals surface area contributed by atoms with Crippen LogP contribution in [0.1, 0.15) is 11.3 Å². The van der Waals surface area contributed by atoms with Gasteiger partial charge >= 0.3 is 6.18 Å². The van der Waals surface area contributed by atoms with E-state index in [1.54, 1.807) is 0 Å². The molecule has 6 heteroatoms. The van der Waals surface area contributed by atoms with Crippen LogP contribution in [0.4, 0.5) is 13.2 Å². The first-order chi connectivity index (χ1) is 6.04. The first kappa shape index (κ1) is 13.2. The molecule has 0 amide bonds. The molecule has 0 bridgehead atoms. The number of alkyl halides is 3. The van der Waals surface area contributed by atoms with Crippen molar-refractivity contribution >= 4 is 12.4 Å². The maximum Gasteiger partial charge on any atom is 0.433 e. The van der Waals surface area contributed by atoms with Crippen LogP contribution >= 0.6 is 12.4 Å². The summed E-state index contributed by atoms with van der Waals surface area (Å²) in [5, 5.41) is 0. The zero-order chi connectivity index (χ0) is 9.90. The van der Waals surface area contributed by atoms with Crippen LogP contribution in [0, 0.1) is 0 Å². The molecule has 80 valence electrons. The zero-order valence-corrected chi connectivity index (χ0v) is 8.03. The molecule has 2 nitrogen and oxygen atoms in total. The number of halogens is 4. The maximum absolute atomic E-state index is 12.0. The fraction of sp³-hybridized carbons (Fsp3) is 0.375. The molecular weight excluding hydrogens is 217 g/mol. The van der Waals surface area contributed by atoms with Crippen LogP contribution in [0.5, 0.6) is 0 Å². The van der Waals surface area contributed by atoms with Gasteiger partial charge in [-0.1, -0.05) is 6.07 Å². The predicted octanol–water partition coefficient (Wildman–Crippen LogP) is 2.02. The van der Waals surface area contributed by atoms with E-state index in [1.807, 2.05) is 0 Å². The highest BCUT2D eigenvalue weighted by atomic mass is 35.5. The molecule has 0 spiro atoms. The maximum atomic E-state index is 12.0. The van der Waals surface area contributed by atoms with Gasteiger partial charge in [0.2, 0.25) is 0 Å². The quantitative estimate of drug-likeness (QED) is 0.838. The van der Waals surface area contributed by atoms with E-state index in [0.29, 0.717) is 13.0 Å². The highest BCUT2D eigenvalue weighted by Gasteiger charge is 2.31. The lowest BCUT2D eigenvalue weighted by atomic mass is 10.2. The number of nitrogens with zero attached hydrogens (tertiary/aromatic N) is 1. The van der Waals surface area contributed by atoms with E-state index >= 15 is 0 Å². The first-order valence-electron chi connectivity index (χ1n) is 3.76. The minimum absolute atomic E-state index is 0. The predicted molar refractivity (Wildman–Crippen MR) is 49.2 cm³/mol. The van der Waals surface area contributed by atoms with Gasteiger partial charge < -0.3 is 5.73 Å². The summed E-state index contributed by atoms with van der Waals surface area (Å²) in [5.41, 5.74) is 5.09. The Morgan fingerprint density at radius 1 is 1.29 bits per heavy atom. The minimum atomic E-state index is -4.36. The molecule has 14 heavy (non-hydrogen) atoms. The van der Waals surface area contributed by atoms with Crippen molar-refractivity contribution in [2.75, 3.05) is 6.54 Å². The normalized spacial score (nSPS) is 10.9. The van der Waals surface area contributed by atoms with Gasteiger partial charge in [0.05, 0.1) is 0 Å². The smallest absolute Gasteiger partial charge is 0.330 e. The summed E-state index contributed by atoms with van der Waals surface area (Å²) in [7, 11) is 0. The fourth-order valence-electron chi connectivity index (χ4n) is 0.907. The van der Waals surface area contributed by atoms with Crippen LogP contribution in [0.15, 0.2) is 18.3 Å². The van der Waals surface area contributed by atoms with Crippen LogP contribution in [0.2, 0.25) is 0 Å². The summed E-state index contributed by atoms with van der Waals surface area (Å²) in [6.45, 7) is 0.410. The van der Waals surface area contributed by atoms with Gasteiger partial charge in [-0.25, -0.2) is 0 Å². The number of aromatic nitrogens is 1. The zero-order valence-electron chi connectivity index (χ0n) is 7.21. The van der Waals surface area contributed by atoms with E-state index in [0.717, 1.165) is 11.6 Å². The van der Waals surface area contributed by atoms with E-state index in [2.05, 4.69) is 4.98 Å². The molecule has 0 aromatic carbocycles. The van der Waals surface area contributed by atoms with Crippen molar-refractivity contribution in [2.45, 2.75) is 12.6 Å². The third-order valence-electron chi connectivity index (χ3n) is 1.55. The second-order valence-corrected chi connectivity index (χ2v) is 2.59. The number of hydrogen-bond donors (Lipinski definition) is 1. The number of rotatable bonds is 2. The number of nitrogens with two attached hydrogens (primary N) is 1. The molecule has 0 aliphatic carbocycles. The largest absolute Gasteiger partial charge is 0.433 e. The molecule has 0 unspecified atom stereocenters. The topological polar surface area (TPSA) is 38.9 Å². The molecule has 2 N–H and O–H groups in total. The third kappa shape index (κ3) is 3.51. The fourth-order valence-corrected chi connectivity index (χ4v) is 0.907. The molecule has 0 fully saturated rings. The van der Waals surface area contributed by atoms with Gasteiger partial charge in [0.1, 0.15) is 5.69 Å². The van der Waals surface area contributed by atoms with Crippen LogP contribution in [-0.4, -0.2) is 11.5 Å². The van der Waals surface area contributed by atoms with E-state index in [9.17, 15) is 13.2 Å². The average molecular weight is 227 g/mol. The van der Waals surface area contributed by atoms with Gasteiger partial charge in [-0.3, -0.25) is 4.98 Å². The standard InChI is InChI=1S/C8H9F3N2.ClH/c9-8(10,11)7-2-1-6(3-4-12)5-13-7;/h1-2,5H,3-4,12H2;1H. The molecule has 1 rings (SSSR count). The summed E-state index contributed by atoms with van der Waals surface area (Å²) < 4.78 is 36.1. The Hall–Kier alpha value is -0.810. The first-order valence-corrected chi connectivity index (χ1v) is 3.76. The van der Waals surface area contributed by atoms with Gasteiger partial charge in [-0.2, -0.15) is 13.2 Å². The molecule has 0 aliphatic heterocycles. The molecule has 1 aromatic heterocycles. The lowest BCUT2D eigenvalue weighted by Gasteiger charge is -2.05. The monoisotopic (exact) mass is 226 g/mol. The van der Waals surface area contributed by atoms with Gasteiger partial charge in [-0.15, -0.1) is 12.4 Å². The molecular formula is C8H10ClF3N2. The summed E-state index contributed by atoms with van der Waals surface area (Å²) in [5.74, 6) is 0. The molecule has 0 saturated heterocycles. The van der Waals surface area contributed by atoms with Gasteiger partial charge in [0.25, 0.3) is 0 Å². The van der Waals surface area contributed by atoms with Crippen molar-refractivity contribution in [3.8, 4) is 0 Å². The van der Waals surface area contributed by atoms with Crippen molar-refractivity contribution in [3.05, 3.63) is 29.6 Å². The van der Waals surface area contributed by atoms with Crippen molar-refractivity contribution in [1.82, 2.24) is 4.98 Å². The molecule has 0 aliphatic rings. The lowest BCUT2D eigenvalue weighted by molar-refractivity contribution is -0.141. The van der Waals surface area contributed by atoms with Crippen molar-refractivity contribution in [1.29, 1.82) is 0 Å². The van der Waals surface area contributed by atoms with Gasteiger partial charge in [-0.05, 0) is 24.6 Å². The Morgan fingerprint density at radius 2 is 1.93 bits per heavy atom. The molecule has 0 radical (unpaired) electrons. The van der Waals surface area contributed by atoms with E-state index in [-0.39, 0.29) is 12.4 Å². The molecule has 0 saturated carbocycles. The third-order valence-corrected chi connectivity index (χ3v) is 1.55. The Bertz CT molecular complexity index is 271. The summed E-state index contributed by atoms with van der Waals surface area (Å²) in [4.78, 5) is 3.29. The molecule has 0 atom stereocenters. The highest BCUT2D eigenvalue weighted by Crippen LogP contribution is 2.27. The van der Waals surface area contributed by atoms with E-state index < -0.39 is 11.9 Å². The Morgan fingerprint density at radius 3 is 2.29 bits per heavy atom. The second-order valence-electron chi connectivity index (χ2n) is 2.59. The van der Waals surface area contributed by atoms with Crippen LogP contribution in [0.25, 0.3) is 0 Å². The van der Waals surface area contributed by atoms with Crippen molar-refractivity contribution in [3.63, 3.8) is 0 Å². The Labute approximate surface area is 85.7 Å². The van der Waals surface area contributed by atoms with Crippen molar-refractivity contribution in [2.24, 2.45) is 5.73 Å². The Kier molecular flexibility index (Phi) is 4.87. The SMILES string of the molecule is Cl.NCCc1ccc(C(F)(F)F)nc1. The molecule has 1 heterocycles. The number of hydrogen-bond acceptors (Lipinski definition) is 2. The molecule has 1 aromatic rings. The van der Waals surface area contributed by atoms with Crippen LogP contribution in [-0.2, 0) is 12.6 Å². The highest BCUT2D eigenvalue weighted by molar-refractivity contribution is 5.85. The van der Waals surface area contributed by atoms with Gasteiger partial charge in [0.15, 0.2) is 0 Å².